The SMILES string of the molecule is O=C1C(=O)N(c2ccccc2)[C@H](c2ccccc2F)C1=C(O)c1ccc([N+](=O)[O-])cc1. The molecule has 0 unspecified atom stereocenters. The van der Waals surface area contributed by atoms with E-state index in [1.807, 2.05) is 0 Å². The maximum atomic E-state index is 14.7. The minimum absolute atomic E-state index is 0.0361. The van der Waals surface area contributed by atoms with Crippen LogP contribution in [0.1, 0.15) is 17.2 Å². The van der Waals surface area contributed by atoms with Gasteiger partial charge in [-0.05, 0) is 30.3 Å². The largest absolute Gasteiger partial charge is 0.507 e. The number of carbonyl (C=O) groups excluding carboxylic acids is 2. The number of para-hydroxylation sites is 1. The molecule has 3 aromatic carbocycles. The molecule has 1 amide bonds. The molecule has 0 aromatic heterocycles. The number of aliphatic hydroxyl groups excluding tert-OH is 1. The zero-order chi connectivity index (χ0) is 22.1. The average molecular weight is 418 g/mol. The van der Waals surface area contributed by atoms with E-state index in [9.17, 15) is 29.2 Å². The van der Waals surface area contributed by atoms with Crippen molar-refractivity contribution in [1.82, 2.24) is 0 Å². The molecule has 0 bridgehead atoms. The molecule has 31 heavy (non-hydrogen) atoms. The standard InChI is InChI=1S/C23H15FN2O5/c24-18-9-5-4-8-17(18)20-19(21(27)14-10-12-16(13-11-14)26(30)31)22(28)23(29)25(20)15-6-2-1-3-7-15/h1-13,20,27H/t20-/m1/s1. The highest BCUT2D eigenvalue weighted by Gasteiger charge is 2.47. The van der Waals surface area contributed by atoms with Crippen molar-refractivity contribution >= 4 is 28.8 Å². The lowest BCUT2D eigenvalue weighted by molar-refractivity contribution is -0.384. The summed E-state index contributed by atoms with van der Waals surface area (Å²) in [6, 6.07) is 17.6. The van der Waals surface area contributed by atoms with Gasteiger partial charge in [0.25, 0.3) is 17.4 Å². The number of benzene rings is 3. The lowest BCUT2D eigenvalue weighted by atomic mass is 9.94. The fraction of sp³-hybridized carbons (Fsp3) is 0.0435. The van der Waals surface area contributed by atoms with Gasteiger partial charge >= 0.3 is 0 Å². The molecule has 154 valence electrons. The molecular formula is C23H15FN2O5. The van der Waals surface area contributed by atoms with Crippen LogP contribution in [0.2, 0.25) is 0 Å². The molecule has 1 heterocycles. The summed E-state index contributed by atoms with van der Waals surface area (Å²) in [5, 5.41) is 21.8. The summed E-state index contributed by atoms with van der Waals surface area (Å²) in [6.07, 6.45) is 0. The average Bonchev–Trinajstić information content (AvgIpc) is 3.04. The maximum Gasteiger partial charge on any atom is 0.300 e. The van der Waals surface area contributed by atoms with E-state index >= 15 is 0 Å². The van der Waals surface area contributed by atoms with Crippen molar-refractivity contribution in [2.45, 2.75) is 6.04 Å². The molecule has 1 N–H and O–H groups in total. The van der Waals surface area contributed by atoms with Gasteiger partial charge in [-0.2, -0.15) is 0 Å². The fourth-order valence-electron chi connectivity index (χ4n) is 3.58. The fourth-order valence-corrected chi connectivity index (χ4v) is 3.58. The number of carbonyl (C=O) groups is 2. The number of amides is 1. The third-order valence-electron chi connectivity index (χ3n) is 5.03. The molecule has 1 aliphatic rings. The Balaban J connectivity index is 1.93. The van der Waals surface area contributed by atoms with Crippen LogP contribution in [0.5, 0.6) is 0 Å². The third kappa shape index (κ3) is 3.44. The predicted molar refractivity (Wildman–Crippen MR) is 111 cm³/mol. The number of hydrogen-bond donors (Lipinski definition) is 1. The first-order valence-corrected chi connectivity index (χ1v) is 9.25. The van der Waals surface area contributed by atoms with Gasteiger partial charge in [0.05, 0.1) is 16.5 Å². The topological polar surface area (TPSA) is 101 Å². The van der Waals surface area contributed by atoms with Crippen molar-refractivity contribution in [3.63, 3.8) is 0 Å². The Bertz CT molecular complexity index is 1220. The van der Waals surface area contributed by atoms with Gasteiger partial charge in [-0.15, -0.1) is 0 Å². The number of non-ortho nitro benzene ring substituents is 1. The van der Waals surface area contributed by atoms with E-state index in [4.69, 9.17) is 0 Å². The van der Waals surface area contributed by atoms with E-state index in [0.29, 0.717) is 5.69 Å². The molecule has 0 radical (unpaired) electrons. The zero-order valence-corrected chi connectivity index (χ0v) is 15.9. The van der Waals surface area contributed by atoms with Crippen LogP contribution >= 0.6 is 0 Å². The van der Waals surface area contributed by atoms with Crippen molar-refractivity contribution < 1.29 is 24.0 Å². The van der Waals surface area contributed by atoms with Gasteiger partial charge < -0.3 is 5.11 Å². The van der Waals surface area contributed by atoms with Crippen LogP contribution in [0.25, 0.3) is 5.76 Å². The van der Waals surface area contributed by atoms with Gasteiger partial charge in [-0.1, -0.05) is 36.4 Å². The monoisotopic (exact) mass is 418 g/mol. The number of ketones is 1. The van der Waals surface area contributed by atoms with E-state index < -0.39 is 34.2 Å². The van der Waals surface area contributed by atoms with Crippen LogP contribution in [0.15, 0.2) is 84.4 Å². The molecule has 4 rings (SSSR count). The Morgan fingerprint density at radius 2 is 1.55 bits per heavy atom. The quantitative estimate of drug-likeness (QED) is 0.223. The van der Waals surface area contributed by atoms with Gasteiger partial charge in [-0.3, -0.25) is 24.6 Å². The van der Waals surface area contributed by atoms with Crippen molar-refractivity contribution in [1.29, 1.82) is 0 Å². The summed E-state index contributed by atoms with van der Waals surface area (Å²) in [5.74, 6) is -3.08. The van der Waals surface area contributed by atoms with Crippen LogP contribution in [-0.2, 0) is 9.59 Å². The molecule has 7 nitrogen and oxygen atoms in total. The number of nitro groups is 1. The number of nitro benzene ring substituents is 1. The molecule has 3 aromatic rings. The minimum atomic E-state index is -1.21. The Kier molecular flexibility index (Phi) is 5.04. The number of Topliss-reactive ketones (excluding diaryl/α,β-unsaturated/α-hetero) is 1. The summed E-state index contributed by atoms with van der Waals surface area (Å²) in [6.45, 7) is 0. The Labute approximate surface area is 175 Å². The lowest BCUT2D eigenvalue weighted by Gasteiger charge is -2.25. The maximum absolute atomic E-state index is 14.7. The van der Waals surface area contributed by atoms with Crippen LogP contribution in [0, 0.1) is 15.9 Å². The summed E-state index contributed by atoms with van der Waals surface area (Å²) >= 11 is 0. The highest BCUT2D eigenvalue weighted by molar-refractivity contribution is 6.51. The predicted octanol–water partition coefficient (Wildman–Crippen LogP) is 4.36. The number of anilines is 1. The van der Waals surface area contributed by atoms with E-state index in [0.717, 1.165) is 4.90 Å². The smallest absolute Gasteiger partial charge is 0.300 e. The second kappa shape index (κ2) is 7.83. The van der Waals surface area contributed by atoms with Crippen LogP contribution < -0.4 is 4.90 Å². The highest BCUT2D eigenvalue weighted by Crippen LogP contribution is 2.42. The Morgan fingerprint density at radius 3 is 2.16 bits per heavy atom. The first-order valence-electron chi connectivity index (χ1n) is 9.25. The van der Waals surface area contributed by atoms with Crippen molar-refractivity contribution in [3.05, 3.63) is 111 Å². The van der Waals surface area contributed by atoms with Gasteiger partial charge in [0.1, 0.15) is 11.6 Å². The first kappa shape index (κ1) is 20.0. The van der Waals surface area contributed by atoms with E-state index in [2.05, 4.69) is 0 Å². The second-order valence-electron chi connectivity index (χ2n) is 6.83. The van der Waals surface area contributed by atoms with Crippen molar-refractivity contribution in [3.8, 4) is 0 Å². The number of rotatable bonds is 4. The number of halogens is 1. The summed E-state index contributed by atoms with van der Waals surface area (Å²) in [7, 11) is 0. The van der Waals surface area contributed by atoms with Crippen molar-refractivity contribution in [2.24, 2.45) is 0 Å². The Hall–Kier alpha value is -4.33. The summed E-state index contributed by atoms with van der Waals surface area (Å²) in [5.41, 5.74) is -0.00707. The molecule has 0 spiro atoms. The summed E-state index contributed by atoms with van der Waals surface area (Å²) < 4.78 is 14.7. The molecule has 0 aliphatic carbocycles. The minimum Gasteiger partial charge on any atom is -0.507 e. The van der Waals surface area contributed by atoms with E-state index in [1.165, 1.54) is 42.5 Å². The van der Waals surface area contributed by atoms with Gasteiger partial charge in [-0.25, -0.2) is 4.39 Å². The van der Waals surface area contributed by atoms with Crippen molar-refractivity contribution in [2.75, 3.05) is 4.90 Å². The molecule has 1 saturated heterocycles. The molecule has 1 aliphatic heterocycles. The molecule has 8 heteroatoms. The first-order chi connectivity index (χ1) is 14.9. The number of nitrogens with zero attached hydrogens (tertiary/aromatic N) is 2. The van der Waals surface area contributed by atoms with Gasteiger partial charge in [0, 0.05) is 28.9 Å². The zero-order valence-electron chi connectivity index (χ0n) is 15.9. The molecule has 0 saturated carbocycles. The molecule has 1 atom stereocenters. The Morgan fingerprint density at radius 1 is 0.935 bits per heavy atom. The number of hydrogen-bond acceptors (Lipinski definition) is 5. The van der Waals surface area contributed by atoms with E-state index in [-0.39, 0.29) is 22.4 Å². The van der Waals surface area contributed by atoms with Crippen LogP contribution in [-0.4, -0.2) is 21.7 Å². The molecular weight excluding hydrogens is 403 g/mol. The highest BCUT2D eigenvalue weighted by atomic mass is 19.1. The second-order valence-corrected chi connectivity index (χ2v) is 6.83. The summed E-state index contributed by atoms with van der Waals surface area (Å²) in [4.78, 5) is 37.3. The van der Waals surface area contributed by atoms with Crippen LogP contribution in [0.3, 0.4) is 0 Å². The normalized spacial score (nSPS) is 17.7. The number of aliphatic hydroxyl groups is 1. The molecule has 1 fully saturated rings. The van der Waals surface area contributed by atoms with Crippen LogP contribution in [0.4, 0.5) is 15.8 Å². The van der Waals surface area contributed by atoms with Gasteiger partial charge in [0.2, 0.25) is 0 Å². The van der Waals surface area contributed by atoms with Gasteiger partial charge in [0.15, 0.2) is 0 Å². The third-order valence-corrected chi connectivity index (χ3v) is 5.03. The van der Waals surface area contributed by atoms with E-state index in [1.54, 1.807) is 36.4 Å². The lowest BCUT2D eigenvalue weighted by Crippen LogP contribution is -2.29.